The fourth-order valence-corrected chi connectivity index (χ4v) is 6.25. The smallest absolute Gasteiger partial charge is 0.410 e. The maximum absolute atomic E-state index is 13.5. The van der Waals surface area contributed by atoms with E-state index < -0.39 is 17.9 Å². The van der Waals surface area contributed by atoms with Gasteiger partial charge in [0, 0.05) is 36.7 Å². The van der Waals surface area contributed by atoms with Crippen molar-refractivity contribution in [3.8, 4) is 0 Å². The topological polar surface area (TPSA) is 117 Å². The van der Waals surface area contributed by atoms with Crippen LogP contribution in [0, 0.1) is 0 Å². The Kier molecular flexibility index (Phi) is 6.56. The average Bonchev–Trinajstić information content (AvgIpc) is 3.50. The van der Waals surface area contributed by atoms with Crippen LogP contribution in [-0.2, 0) is 21.5 Å². The van der Waals surface area contributed by atoms with Gasteiger partial charge in [0.15, 0.2) is 0 Å². The van der Waals surface area contributed by atoms with E-state index in [2.05, 4.69) is 18.4 Å². The lowest BCUT2D eigenvalue weighted by Gasteiger charge is -2.39. The summed E-state index contributed by atoms with van der Waals surface area (Å²) in [6.07, 6.45) is 5.84. The van der Waals surface area contributed by atoms with Crippen molar-refractivity contribution in [2.45, 2.75) is 83.2 Å². The highest BCUT2D eigenvalue weighted by Crippen LogP contribution is 2.41. The number of likely N-dealkylation sites (tertiary alicyclic amines) is 1. The number of hydrogen-bond donors (Lipinski definition) is 2. The molecule has 3 aliphatic heterocycles. The average molecular weight is 560 g/mol. The molecule has 10 heteroatoms. The summed E-state index contributed by atoms with van der Waals surface area (Å²) < 4.78 is 7.57. The zero-order valence-electron chi connectivity index (χ0n) is 24.0. The number of amides is 3. The number of carbonyl (C=O) groups is 3. The van der Waals surface area contributed by atoms with E-state index in [4.69, 9.17) is 9.84 Å². The minimum absolute atomic E-state index is 0.183. The van der Waals surface area contributed by atoms with Crippen molar-refractivity contribution in [1.29, 1.82) is 0 Å². The molecule has 1 aromatic heterocycles. The predicted molar refractivity (Wildman–Crippen MR) is 154 cm³/mol. The van der Waals surface area contributed by atoms with Crippen molar-refractivity contribution >= 4 is 34.4 Å². The third kappa shape index (κ3) is 4.94. The van der Waals surface area contributed by atoms with E-state index in [1.54, 1.807) is 9.80 Å². The molecular weight excluding hydrogens is 522 g/mol. The molecule has 3 amide bonds. The Balaban J connectivity index is 1.21. The van der Waals surface area contributed by atoms with Crippen LogP contribution in [0.5, 0.6) is 0 Å². The molecule has 10 nitrogen and oxygen atoms in total. The first kappa shape index (κ1) is 27.3. The number of benzene rings is 2. The number of nitrogens with one attached hydrogen (secondary N) is 1. The van der Waals surface area contributed by atoms with Crippen LogP contribution in [0.15, 0.2) is 42.7 Å². The zero-order valence-corrected chi connectivity index (χ0v) is 24.0. The van der Waals surface area contributed by atoms with E-state index in [0.29, 0.717) is 37.9 Å². The van der Waals surface area contributed by atoms with E-state index in [1.165, 1.54) is 0 Å². The number of hydrogen-bond acceptors (Lipinski definition) is 6. The maximum atomic E-state index is 13.5. The Bertz CT molecular complexity index is 1530. The van der Waals surface area contributed by atoms with Gasteiger partial charge in [0.05, 0.1) is 17.4 Å². The Morgan fingerprint density at radius 1 is 1.15 bits per heavy atom. The molecule has 2 aromatic carbocycles. The molecule has 0 aliphatic carbocycles. The lowest BCUT2D eigenvalue weighted by molar-refractivity contribution is -0.128. The van der Waals surface area contributed by atoms with Crippen LogP contribution in [0.25, 0.3) is 10.8 Å². The van der Waals surface area contributed by atoms with Gasteiger partial charge >= 0.3 is 6.09 Å². The summed E-state index contributed by atoms with van der Waals surface area (Å²) >= 11 is 0. The highest BCUT2D eigenvalue weighted by atomic mass is 16.6. The number of nitrogens with zero attached hydrogens (tertiary/aromatic N) is 4. The Labute approximate surface area is 239 Å². The lowest BCUT2D eigenvalue weighted by Crippen LogP contribution is -2.55. The molecule has 41 heavy (non-hydrogen) atoms. The second kappa shape index (κ2) is 9.87. The van der Waals surface area contributed by atoms with Crippen molar-refractivity contribution in [2.75, 3.05) is 18.0 Å². The van der Waals surface area contributed by atoms with Gasteiger partial charge in [0.25, 0.3) is 5.91 Å². The summed E-state index contributed by atoms with van der Waals surface area (Å²) in [7, 11) is 0. The van der Waals surface area contributed by atoms with Gasteiger partial charge in [-0.25, -0.2) is 4.79 Å². The highest BCUT2D eigenvalue weighted by Gasteiger charge is 2.41. The summed E-state index contributed by atoms with van der Waals surface area (Å²) in [6, 6.07) is 9.05. The van der Waals surface area contributed by atoms with Crippen LogP contribution in [0.1, 0.15) is 74.9 Å². The summed E-state index contributed by atoms with van der Waals surface area (Å²) in [4.78, 5) is 42.0. The summed E-state index contributed by atoms with van der Waals surface area (Å²) in [5, 5.41) is 18.9. The summed E-state index contributed by atoms with van der Waals surface area (Å²) in [5.74, 6) is -0.516. The molecular formula is C31H37N5O5. The molecule has 2 N–H and O–H groups in total. The number of ether oxygens (including phenoxy) is 1. The largest absolute Gasteiger partial charge is 0.444 e. The van der Waals surface area contributed by atoms with Crippen molar-refractivity contribution in [3.05, 3.63) is 59.4 Å². The van der Waals surface area contributed by atoms with Crippen LogP contribution in [-0.4, -0.2) is 68.7 Å². The molecule has 2 fully saturated rings. The van der Waals surface area contributed by atoms with Crippen LogP contribution in [0.4, 0.5) is 10.5 Å². The number of piperidine rings is 2. The normalized spacial score (nSPS) is 22.3. The van der Waals surface area contributed by atoms with E-state index >= 15 is 0 Å². The van der Waals surface area contributed by atoms with Gasteiger partial charge in [-0.2, -0.15) is 5.10 Å². The summed E-state index contributed by atoms with van der Waals surface area (Å²) in [5.41, 5.74) is 2.74. The molecule has 2 saturated heterocycles. The van der Waals surface area contributed by atoms with E-state index in [1.807, 2.05) is 62.0 Å². The Morgan fingerprint density at radius 3 is 2.61 bits per heavy atom. The number of aliphatic hydroxyl groups is 1. The molecule has 3 aliphatic rings. The van der Waals surface area contributed by atoms with Crippen LogP contribution >= 0.6 is 0 Å². The van der Waals surface area contributed by atoms with Crippen molar-refractivity contribution in [1.82, 2.24) is 20.0 Å². The van der Waals surface area contributed by atoms with Crippen LogP contribution in [0.3, 0.4) is 0 Å². The predicted octanol–water partition coefficient (Wildman–Crippen LogP) is 3.93. The number of rotatable bonds is 4. The molecule has 216 valence electrons. The number of aliphatic hydroxyl groups excluding tert-OH is 1. The van der Waals surface area contributed by atoms with Crippen molar-refractivity contribution < 1.29 is 24.2 Å². The first-order chi connectivity index (χ1) is 19.4. The van der Waals surface area contributed by atoms with E-state index in [0.717, 1.165) is 40.4 Å². The molecule has 4 heterocycles. The van der Waals surface area contributed by atoms with Crippen molar-refractivity contribution in [2.24, 2.45) is 0 Å². The third-order valence-electron chi connectivity index (χ3n) is 8.53. The van der Waals surface area contributed by atoms with E-state index in [-0.39, 0.29) is 23.4 Å². The lowest BCUT2D eigenvalue weighted by atomic mass is 9.90. The fraction of sp³-hybridized carbons (Fsp3) is 0.484. The Morgan fingerprint density at radius 2 is 1.90 bits per heavy atom. The minimum Gasteiger partial charge on any atom is -0.444 e. The van der Waals surface area contributed by atoms with Crippen LogP contribution < -0.4 is 10.2 Å². The van der Waals surface area contributed by atoms with E-state index in [9.17, 15) is 19.5 Å². The fourth-order valence-electron chi connectivity index (χ4n) is 6.25. The highest BCUT2D eigenvalue weighted by molar-refractivity contribution is 6.27. The number of anilines is 1. The van der Waals surface area contributed by atoms with Gasteiger partial charge in [-0.3, -0.25) is 19.2 Å². The molecule has 0 radical (unpaired) electrons. The molecule has 0 saturated carbocycles. The SMILES string of the molecule is CC(C)(C)OC(=O)N1CCC(C)(n2cc(Cc3ccc4c5c(cccc35)C(=O)N4[C@H]3CCC(O)NC3=O)cn2)CC1. The van der Waals surface area contributed by atoms with Gasteiger partial charge in [0.2, 0.25) is 5.91 Å². The van der Waals surface area contributed by atoms with Gasteiger partial charge in [-0.1, -0.05) is 18.2 Å². The minimum atomic E-state index is -0.873. The van der Waals surface area contributed by atoms with Gasteiger partial charge < -0.3 is 20.1 Å². The number of aromatic nitrogens is 2. The number of carbonyl (C=O) groups excluding carboxylic acids is 3. The molecule has 0 bridgehead atoms. The standard InChI is InChI=1S/C31H37N5O5/c1-30(2,3)41-29(40)34-14-12-31(4,13-15-34)35-18-19(17-32-35)16-20-8-9-23-26-21(20)6-5-7-22(26)28(39)36(23)24-10-11-25(37)33-27(24)38/h5-9,17-18,24-25,37H,10-16H2,1-4H3,(H,33,38)/t24-,25?/m0/s1. The first-order valence-electron chi connectivity index (χ1n) is 14.3. The summed E-state index contributed by atoms with van der Waals surface area (Å²) in [6.45, 7) is 9.02. The second-order valence-corrected chi connectivity index (χ2v) is 12.7. The molecule has 1 unspecified atom stereocenters. The third-order valence-corrected chi connectivity index (χ3v) is 8.53. The molecule has 6 rings (SSSR count). The molecule has 0 spiro atoms. The molecule has 3 aromatic rings. The van der Waals surface area contributed by atoms with Crippen molar-refractivity contribution in [3.63, 3.8) is 0 Å². The zero-order chi connectivity index (χ0) is 29.1. The van der Waals surface area contributed by atoms with Crippen LogP contribution in [0.2, 0.25) is 0 Å². The molecule has 2 atom stereocenters. The van der Waals surface area contributed by atoms with Gasteiger partial charge in [-0.15, -0.1) is 0 Å². The monoisotopic (exact) mass is 559 g/mol. The first-order valence-corrected chi connectivity index (χ1v) is 14.3. The Hall–Kier alpha value is -3.92. The maximum Gasteiger partial charge on any atom is 0.410 e. The van der Waals surface area contributed by atoms with Gasteiger partial charge in [-0.05, 0) is 82.0 Å². The quantitative estimate of drug-likeness (QED) is 0.500. The second-order valence-electron chi connectivity index (χ2n) is 12.7. The van der Waals surface area contributed by atoms with Gasteiger partial charge in [0.1, 0.15) is 17.9 Å².